The van der Waals surface area contributed by atoms with Crippen molar-refractivity contribution in [3.63, 3.8) is 0 Å². The van der Waals surface area contributed by atoms with E-state index in [1.54, 1.807) is 0 Å². The number of rotatable bonds is 7. The van der Waals surface area contributed by atoms with E-state index in [0.29, 0.717) is 0 Å². The van der Waals surface area contributed by atoms with Crippen molar-refractivity contribution >= 4 is 33.3 Å². The highest BCUT2D eigenvalue weighted by atomic mass is 32.2. The Morgan fingerprint density at radius 2 is 2.22 bits per heavy atom. The number of hydrogen-bond donors (Lipinski definition) is 1. The van der Waals surface area contributed by atoms with Gasteiger partial charge in [0.25, 0.3) is 0 Å². The number of aliphatic carboxylic acids is 1. The lowest BCUT2D eigenvalue weighted by Crippen LogP contribution is -2.26. The number of hydrogen-bond acceptors (Lipinski definition) is 8. The fourth-order valence-corrected chi connectivity index (χ4v) is 3.10. The standard InChI is InChI=1S/C8H13N3O5S2/c1-11(5-6(12)13)7-9-8(17-10-7)18(14,15)4-3-16-2/h3-5H2,1-2H3,(H,12,13). The minimum absolute atomic E-state index is 0.0716. The van der Waals surface area contributed by atoms with Gasteiger partial charge < -0.3 is 14.7 Å². The number of aromatic nitrogens is 2. The van der Waals surface area contributed by atoms with Crippen molar-refractivity contribution in [1.82, 2.24) is 9.36 Å². The van der Waals surface area contributed by atoms with Crippen LogP contribution in [-0.4, -0.2) is 61.9 Å². The Kier molecular flexibility index (Phi) is 4.99. The van der Waals surface area contributed by atoms with E-state index in [-0.39, 0.29) is 29.2 Å². The molecular formula is C8H13N3O5S2. The van der Waals surface area contributed by atoms with Crippen molar-refractivity contribution in [3.05, 3.63) is 0 Å². The largest absolute Gasteiger partial charge is 0.480 e. The summed E-state index contributed by atoms with van der Waals surface area (Å²) in [5.74, 6) is -1.14. The van der Waals surface area contributed by atoms with Gasteiger partial charge in [-0.15, -0.1) is 0 Å². The smallest absolute Gasteiger partial charge is 0.323 e. The summed E-state index contributed by atoms with van der Waals surface area (Å²) in [6.07, 6.45) is 0. The molecule has 0 amide bonds. The van der Waals surface area contributed by atoms with Gasteiger partial charge in [0.05, 0.1) is 12.4 Å². The summed E-state index contributed by atoms with van der Waals surface area (Å²) in [4.78, 5) is 15.6. The van der Waals surface area contributed by atoms with Crippen LogP contribution in [0.4, 0.5) is 5.95 Å². The molecule has 0 unspecified atom stereocenters. The Labute approximate surface area is 108 Å². The van der Waals surface area contributed by atoms with Gasteiger partial charge in [-0.25, -0.2) is 8.42 Å². The van der Waals surface area contributed by atoms with Crippen molar-refractivity contribution in [2.75, 3.05) is 38.0 Å². The highest BCUT2D eigenvalue weighted by molar-refractivity contribution is 7.93. The second-order valence-corrected chi connectivity index (χ2v) is 6.46. The average Bonchev–Trinajstić information content (AvgIpc) is 2.75. The summed E-state index contributed by atoms with van der Waals surface area (Å²) in [5, 5.41) is 8.60. The van der Waals surface area contributed by atoms with E-state index >= 15 is 0 Å². The molecule has 10 heteroatoms. The van der Waals surface area contributed by atoms with Crippen molar-refractivity contribution < 1.29 is 23.1 Å². The summed E-state index contributed by atoms with van der Waals surface area (Å²) >= 11 is 0.723. The number of carboxylic acid groups (broad SMARTS) is 1. The first-order chi connectivity index (χ1) is 8.36. The number of ether oxygens (including phenoxy) is 1. The van der Waals surface area contributed by atoms with Gasteiger partial charge in [0.2, 0.25) is 20.1 Å². The predicted octanol–water partition coefficient (Wildman–Crippen LogP) is -0.521. The normalized spacial score (nSPS) is 11.4. The molecule has 0 saturated heterocycles. The molecule has 0 aromatic carbocycles. The van der Waals surface area contributed by atoms with Crippen LogP contribution < -0.4 is 4.90 Å². The second kappa shape index (κ2) is 6.07. The zero-order valence-electron chi connectivity index (χ0n) is 9.86. The maximum Gasteiger partial charge on any atom is 0.323 e. The minimum Gasteiger partial charge on any atom is -0.480 e. The van der Waals surface area contributed by atoms with E-state index in [1.807, 2.05) is 0 Å². The molecule has 1 rings (SSSR count). The predicted molar refractivity (Wildman–Crippen MR) is 64.7 cm³/mol. The number of carbonyl (C=O) groups is 1. The third kappa shape index (κ3) is 3.89. The van der Waals surface area contributed by atoms with Gasteiger partial charge in [-0.2, -0.15) is 9.36 Å². The molecule has 0 aliphatic rings. The molecule has 1 aromatic heterocycles. The molecule has 1 N–H and O–H groups in total. The van der Waals surface area contributed by atoms with Crippen LogP contribution in [0.2, 0.25) is 0 Å². The lowest BCUT2D eigenvalue weighted by molar-refractivity contribution is -0.135. The third-order valence-electron chi connectivity index (χ3n) is 1.93. The first-order valence-corrected chi connectivity index (χ1v) is 7.27. The first-order valence-electron chi connectivity index (χ1n) is 4.85. The molecule has 102 valence electrons. The average molecular weight is 295 g/mol. The Hall–Kier alpha value is -1.26. The molecule has 18 heavy (non-hydrogen) atoms. The van der Waals surface area contributed by atoms with Crippen LogP contribution in [-0.2, 0) is 19.4 Å². The monoisotopic (exact) mass is 295 g/mol. The van der Waals surface area contributed by atoms with Crippen LogP contribution in [0.5, 0.6) is 0 Å². The highest BCUT2D eigenvalue weighted by Crippen LogP contribution is 2.18. The summed E-state index contributed by atoms with van der Waals surface area (Å²) in [5.41, 5.74) is 0. The summed E-state index contributed by atoms with van der Waals surface area (Å²) in [7, 11) is -0.639. The van der Waals surface area contributed by atoms with Crippen LogP contribution in [0.25, 0.3) is 0 Å². The molecule has 1 aromatic rings. The van der Waals surface area contributed by atoms with Crippen LogP contribution in [0, 0.1) is 0 Å². The van der Waals surface area contributed by atoms with Crippen molar-refractivity contribution in [2.45, 2.75) is 4.34 Å². The Morgan fingerprint density at radius 3 is 2.78 bits per heavy atom. The maximum atomic E-state index is 11.7. The van der Waals surface area contributed by atoms with Gasteiger partial charge in [0.1, 0.15) is 6.54 Å². The van der Waals surface area contributed by atoms with Crippen LogP contribution in [0.1, 0.15) is 0 Å². The molecule has 0 radical (unpaired) electrons. The zero-order chi connectivity index (χ0) is 13.8. The Balaban J connectivity index is 2.82. The molecular weight excluding hydrogens is 282 g/mol. The highest BCUT2D eigenvalue weighted by Gasteiger charge is 2.21. The molecule has 8 nitrogen and oxygen atoms in total. The molecule has 0 atom stereocenters. The number of anilines is 1. The molecule has 0 spiro atoms. The first kappa shape index (κ1) is 14.8. The summed E-state index contributed by atoms with van der Waals surface area (Å²) in [6, 6.07) is 0. The molecule has 0 fully saturated rings. The van der Waals surface area contributed by atoms with Crippen molar-refractivity contribution in [1.29, 1.82) is 0 Å². The fraction of sp³-hybridized carbons (Fsp3) is 0.625. The SMILES string of the molecule is COCCS(=O)(=O)c1nc(N(C)CC(=O)O)ns1. The molecule has 1 heterocycles. The number of methoxy groups -OCH3 is 1. The molecule has 0 saturated carbocycles. The van der Waals surface area contributed by atoms with Gasteiger partial charge in [0, 0.05) is 25.7 Å². The van der Waals surface area contributed by atoms with Crippen LogP contribution in [0.3, 0.4) is 0 Å². The fourth-order valence-electron chi connectivity index (χ4n) is 1.04. The van der Waals surface area contributed by atoms with Gasteiger partial charge in [-0.3, -0.25) is 4.79 Å². The van der Waals surface area contributed by atoms with E-state index in [4.69, 9.17) is 9.84 Å². The number of likely N-dealkylation sites (N-methyl/N-ethyl adjacent to an activating group) is 1. The third-order valence-corrected chi connectivity index (χ3v) is 4.75. The van der Waals surface area contributed by atoms with Gasteiger partial charge >= 0.3 is 5.97 Å². The van der Waals surface area contributed by atoms with Crippen LogP contribution in [0.15, 0.2) is 4.34 Å². The lowest BCUT2D eigenvalue weighted by Gasteiger charge is -2.10. The van der Waals surface area contributed by atoms with Crippen molar-refractivity contribution in [3.8, 4) is 0 Å². The van der Waals surface area contributed by atoms with Gasteiger partial charge in [-0.05, 0) is 0 Å². The molecule has 0 aliphatic carbocycles. The Morgan fingerprint density at radius 1 is 1.56 bits per heavy atom. The van der Waals surface area contributed by atoms with E-state index in [2.05, 4.69) is 9.36 Å². The zero-order valence-corrected chi connectivity index (χ0v) is 11.5. The molecule has 0 bridgehead atoms. The summed E-state index contributed by atoms with van der Waals surface area (Å²) < 4.78 is 31.9. The van der Waals surface area contributed by atoms with E-state index in [0.717, 1.165) is 11.5 Å². The second-order valence-electron chi connectivity index (χ2n) is 3.42. The summed E-state index contributed by atoms with van der Waals surface area (Å²) in [6.45, 7) is -0.226. The van der Waals surface area contributed by atoms with Gasteiger partial charge in [0.15, 0.2) is 0 Å². The van der Waals surface area contributed by atoms with Crippen LogP contribution >= 0.6 is 11.5 Å². The van der Waals surface area contributed by atoms with Crippen molar-refractivity contribution in [2.24, 2.45) is 0 Å². The Bertz CT molecular complexity index is 513. The quantitative estimate of drug-likeness (QED) is 0.715. The number of nitrogens with zero attached hydrogens (tertiary/aromatic N) is 3. The van der Waals surface area contributed by atoms with Gasteiger partial charge in [-0.1, -0.05) is 0 Å². The lowest BCUT2D eigenvalue weighted by atomic mass is 10.6. The van der Waals surface area contributed by atoms with E-state index < -0.39 is 15.8 Å². The van der Waals surface area contributed by atoms with E-state index in [1.165, 1.54) is 19.1 Å². The van der Waals surface area contributed by atoms with E-state index in [9.17, 15) is 13.2 Å². The minimum atomic E-state index is -3.52. The topological polar surface area (TPSA) is 110 Å². The number of sulfone groups is 1. The molecule has 0 aliphatic heterocycles. The number of carboxylic acids is 1. The maximum absolute atomic E-state index is 11.7.